The molecule has 1 saturated heterocycles. The molecule has 0 aliphatic carbocycles. The van der Waals surface area contributed by atoms with Crippen LogP contribution in [0.5, 0.6) is 5.75 Å². The number of rotatable bonds is 9. The minimum atomic E-state index is -1.02. The predicted molar refractivity (Wildman–Crippen MR) is 182 cm³/mol. The normalized spacial score (nSPS) is 15.6. The number of halogens is 1. The number of esters is 1. The molecule has 1 aliphatic heterocycles. The number of aryl methyl sites for hydroxylation is 2. The summed E-state index contributed by atoms with van der Waals surface area (Å²) in [5.74, 6) is 0.338. The second-order valence-corrected chi connectivity index (χ2v) is 13.5. The first-order valence-corrected chi connectivity index (χ1v) is 15.9. The third-order valence-electron chi connectivity index (χ3n) is 8.37. The second-order valence-electron chi connectivity index (χ2n) is 13.1. The second kappa shape index (κ2) is 13.1. The van der Waals surface area contributed by atoms with Crippen LogP contribution < -0.4 is 4.90 Å². The number of aromatic hydroxyl groups is 1. The minimum absolute atomic E-state index is 0.105. The molecule has 10 heteroatoms. The van der Waals surface area contributed by atoms with E-state index in [1.54, 1.807) is 12.1 Å². The van der Waals surface area contributed by atoms with Crippen molar-refractivity contribution >= 4 is 29.0 Å². The number of ether oxygens (including phenoxy) is 3. The van der Waals surface area contributed by atoms with Crippen molar-refractivity contribution in [3.63, 3.8) is 0 Å². The van der Waals surface area contributed by atoms with E-state index in [4.69, 9.17) is 35.9 Å². The molecule has 0 bridgehead atoms. The van der Waals surface area contributed by atoms with Crippen LogP contribution in [-0.2, 0) is 19.0 Å². The molecule has 9 nitrogen and oxygen atoms in total. The van der Waals surface area contributed by atoms with Crippen molar-refractivity contribution in [3.05, 3.63) is 77.0 Å². The van der Waals surface area contributed by atoms with E-state index in [2.05, 4.69) is 18.4 Å². The van der Waals surface area contributed by atoms with Gasteiger partial charge in [-0.3, -0.25) is 0 Å². The highest BCUT2D eigenvalue weighted by molar-refractivity contribution is 6.31. The standard InChI is InChI=1S/C36H43ClN4O5/c1-9-17-45-36(7)13-15-40(16-14-36)33-31(32(34(43)44-8)46-35(4,5)6)23(3)38-30-21-28(39-41(30)33)25-12-10-11-24(19-25)26-18-22(2)27(37)20-29(26)42/h9-12,18-21,32,42H,1,13-17H2,2-8H3. The summed E-state index contributed by atoms with van der Waals surface area (Å²) in [6.45, 7) is 17.3. The van der Waals surface area contributed by atoms with E-state index in [9.17, 15) is 9.90 Å². The van der Waals surface area contributed by atoms with Crippen molar-refractivity contribution in [1.29, 1.82) is 0 Å². The Hall–Kier alpha value is -3.92. The first-order chi connectivity index (χ1) is 21.7. The highest BCUT2D eigenvalue weighted by atomic mass is 35.5. The van der Waals surface area contributed by atoms with Crippen molar-refractivity contribution in [2.24, 2.45) is 0 Å². The lowest BCUT2D eigenvalue weighted by atomic mass is 9.92. The van der Waals surface area contributed by atoms with Crippen LogP contribution in [0, 0.1) is 13.8 Å². The molecule has 1 aliphatic rings. The van der Waals surface area contributed by atoms with E-state index in [1.807, 2.05) is 75.5 Å². The van der Waals surface area contributed by atoms with Crippen LogP contribution in [0.15, 0.2) is 55.1 Å². The van der Waals surface area contributed by atoms with Crippen molar-refractivity contribution < 1.29 is 24.1 Å². The Balaban J connectivity index is 1.66. The van der Waals surface area contributed by atoms with Gasteiger partial charge in [-0.15, -0.1) is 6.58 Å². The zero-order valence-corrected chi connectivity index (χ0v) is 28.4. The molecule has 1 unspecified atom stereocenters. The highest BCUT2D eigenvalue weighted by Gasteiger charge is 2.38. The van der Waals surface area contributed by atoms with Crippen LogP contribution in [-0.4, -0.2) is 63.7 Å². The van der Waals surface area contributed by atoms with Gasteiger partial charge in [0.2, 0.25) is 0 Å². The summed E-state index contributed by atoms with van der Waals surface area (Å²) in [6, 6.07) is 13.2. The average Bonchev–Trinajstić information content (AvgIpc) is 3.43. The first-order valence-electron chi connectivity index (χ1n) is 15.5. The molecule has 5 rings (SSSR count). The van der Waals surface area contributed by atoms with Crippen LogP contribution >= 0.6 is 11.6 Å². The van der Waals surface area contributed by atoms with Gasteiger partial charge >= 0.3 is 5.97 Å². The summed E-state index contributed by atoms with van der Waals surface area (Å²) in [4.78, 5) is 20.5. The predicted octanol–water partition coefficient (Wildman–Crippen LogP) is 7.63. The zero-order chi connectivity index (χ0) is 33.4. The Labute approximate surface area is 275 Å². The molecule has 0 amide bonds. The van der Waals surface area contributed by atoms with Crippen LogP contribution in [0.4, 0.5) is 5.82 Å². The van der Waals surface area contributed by atoms with Gasteiger partial charge in [0.05, 0.1) is 36.2 Å². The molecule has 1 atom stereocenters. The first kappa shape index (κ1) is 33.4. The van der Waals surface area contributed by atoms with Gasteiger partial charge in [0.25, 0.3) is 0 Å². The Morgan fingerprint density at radius 2 is 1.85 bits per heavy atom. The lowest BCUT2D eigenvalue weighted by molar-refractivity contribution is -0.164. The molecule has 3 heterocycles. The highest BCUT2D eigenvalue weighted by Crippen LogP contribution is 2.40. The fourth-order valence-corrected chi connectivity index (χ4v) is 6.05. The molecule has 1 fully saturated rings. The molecular formula is C36H43ClN4O5. The summed E-state index contributed by atoms with van der Waals surface area (Å²) < 4.78 is 19.6. The van der Waals surface area contributed by atoms with Gasteiger partial charge < -0.3 is 24.2 Å². The summed E-state index contributed by atoms with van der Waals surface area (Å²) in [5.41, 5.74) is 4.90. The van der Waals surface area contributed by atoms with Gasteiger partial charge in [-0.1, -0.05) is 35.9 Å². The number of hydrogen-bond donors (Lipinski definition) is 1. The zero-order valence-electron chi connectivity index (χ0n) is 27.7. The molecule has 244 valence electrons. The number of benzene rings is 2. The number of phenols is 1. The maximum absolute atomic E-state index is 13.3. The smallest absolute Gasteiger partial charge is 0.339 e. The van der Waals surface area contributed by atoms with Gasteiger partial charge in [0.15, 0.2) is 11.8 Å². The summed E-state index contributed by atoms with van der Waals surface area (Å²) in [5, 5.41) is 16.3. The van der Waals surface area contributed by atoms with E-state index < -0.39 is 17.7 Å². The number of hydrogen-bond acceptors (Lipinski definition) is 8. The van der Waals surface area contributed by atoms with Crippen molar-refractivity contribution in [2.45, 2.75) is 71.7 Å². The fourth-order valence-electron chi connectivity index (χ4n) is 5.90. The number of methoxy groups -OCH3 is 1. The summed E-state index contributed by atoms with van der Waals surface area (Å²) in [7, 11) is 1.37. The molecule has 2 aromatic carbocycles. The lowest BCUT2D eigenvalue weighted by Crippen LogP contribution is -2.45. The Bertz CT molecular complexity index is 1770. The van der Waals surface area contributed by atoms with Crippen LogP contribution in [0.25, 0.3) is 28.0 Å². The van der Waals surface area contributed by atoms with E-state index in [1.165, 1.54) is 7.11 Å². The van der Waals surface area contributed by atoms with Gasteiger partial charge in [0, 0.05) is 41.0 Å². The lowest BCUT2D eigenvalue weighted by Gasteiger charge is -2.41. The number of aromatic nitrogens is 3. The molecule has 0 radical (unpaired) electrons. The monoisotopic (exact) mass is 646 g/mol. The number of carbonyl (C=O) groups is 1. The molecule has 0 saturated carbocycles. The Kier molecular flexibility index (Phi) is 9.50. The number of fused-ring (bicyclic) bond motifs is 1. The van der Waals surface area contributed by atoms with Gasteiger partial charge in [-0.05, 0) is 83.7 Å². The van der Waals surface area contributed by atoms with Gasteiger partial charge in [0.1, 0.15) is 11.6 Å². The van der Waals surface area contributed by atoms with Crippen LogP contribution in [0.2, 0.25) is 5.02 Å². The number of carbonyl (C=O) groups excluding carboxylic acids is 1. The van der Waals surface area contributed by atoms with Crippen molar-refractivity contribution in [3.8, 4) is 28.1 Å². The van der Waals surface area contributed by atoms with E-state index in [-0.39, 0.29) is 11.4 Å². The fraction of sp³-hybridized carbons (Fsp3) is 0.417. The van der Waals surface area contributed by atoms with E-state index in [0.717, 1.165) is 35.3 Å². The van der Waals surface area contributed by atoms with E-state index in [0.29, 0.717) is 52.9 Å². The number of piperidine rings is 1. The maximum atomic E-state index is 13.3. The molecule has 2 aromatic heterocycles. The quantitative estimate of drug-likeness (QED) is 0.146. The average molecular weight is 647 g/mol. The third kappa shape index (κ3) is 6.92. The molecule has 0 spiro atoms. The van der Waals surface area contributed by atoms with Gasteiger partial charge in [-0.2, -0.15) is 9.61 Å². The Morgan fingerprint density at radius 3 is 2.50 bits per heavy atom. The van der Waals surface area contributed by atoms with Crippen molar-refractivity contribution in [1.82, 2.24) is 14.6 Å². The third-order valence-corrected chi connectivity index (χ3v) is 8.78. The SMILES string of the molecule is C=CCOC1(C)CCN(c2c(C(OC(C)(C)C)C(=O)OC)c(C)nc3cc(-c4cccc(-c5cc(C)c(Cl)cc5O)c4)nn23)CC1. The number of anilines is 1. The molecule has 1 N–H and O–H groups in total. The summed E-state index contributed by atoms with van der Waals surface area (Å²) >= 11 is 6.24. The van der Waals surface area contributed by atoms with Gasteiger partial charge in [-0.25, -0.2) is 9.78 Å². The number of nitrogens with zero attached hydrogens (tertiary/aromatic N) is 4. The minimum Gasteiger partial charge on any atom is -0.507 e. The number of phenolic OH excluding ortho intramolecular Hbond substituents is 1. The topological polar surface area (TPSA) is 98.4 Å². The molecule has 46 heavy (non-hydrogen) atoms. The van der Waals surface area contributed by atoms with Crippen LogP contribution in [0.3, 0.4) is 0 Å². The molecule has 4 aromatic rings. The summed E-state index contributed by atoms with van der Waals surface area (Å²) in [6.07, 6.45) is 2.29. The van der Waals surface area contributed by atoms with Crippen molar-refractivity contribution in [2.75, 3.05) is 31.7 Å². The van der Waals surface area contributed by atoms with E-state index >= 15 is 0 Å². The Morgan fingerprint density at radius 1 is 1.15 bits per heavy atom. The largest absolute Gasteiger partial charge is 0.507 e. The van der Waals surface area contributed by atoms with Crippen LogP contribution in [0.1, 0.15) is 63.5 Å². The maximum Gasteiger partial charge on any atom is 0.339 e. The molecular weight excluding hydrogens is 604 g/mol.